The van der Waals surface area contributed by atoms with Gasteiger partial charge in [-0.2, -0.15) is 0 Å². The monoisotopic (exact) mass is 388 g/mol. The highest BCUT2D eigenvalue weighted by Gasteiger charge is 2.20. The average molecular weight is 388 g/mol. The third-order valence-corrected chi connectivity index (χ3v) is 4.34. The van der Waals surface area contributed by atoms with E-state index in [9.17, 15) is 13.6 Å². The number of nitrogens with zero attached hydrogens (tertiary/aromatic N) is 3. The zero-order valence-corrected chi connectivity index (χ0v) is 15.2. The summed E-state index contributed by atoms with van der Waals surface area (Å²) in [6.07, 6.45) is 3.57. The van der Waals surface area contributed by atoms with Crippen molar-refractivity contribution in [2.75, 3.05) is 18.7 Å². The van der Waals surface area contributed by atoms with Crippen molar-refractivity contribution in [3.63, 3.8) is 0 Å². The average Bonchev–Trinajstić information content (AvgIpc) is 2.68. The summed E-state index contributed by atoms with van der Waals surface area (Å²) in [5.41, 5.74) is -0.371. The van der Waals surface area contributed by atoms with Crippen LogP contribution in [0.1, 0.15) is 10.5 Å². The molecule has 0 bridgehead atoms. The van der Waals surface area contributed by atoms with Crippen LogP contribution in [0.3, 0.4) is 0 Å². The summed E-state index contributed by atoms with van der Waals surface area (Å²) in [5.74, 6) is -1.90. The van der Waals surface area contributed by atoms with Gasteiger partial charge in [0.1, 0.15) is 23.1 Å². The Morgan fingerprint density at radius 1 is 1.15 bits per heavy atom. The number of halogens is 2. The van der Waals surface area contributed by atoms with E-state index >= 15 is 0 Å². The molecule has 0 unspecified atom stereocenters. The maximum absolute atomic E-state index is 14.1. The number of thioether (sulfide) groups is 1. The molecule has 0 spiro atoms. The molecule has 3 rings (SSSR count). The van der Waals surface area contributed by atoms with Crippen LogP contribution in [0.2, 0.25) is 0 Å². The zero-order chi connectivity index (χ0) is 19.4. The first-order chi connectivity index (χ1) is 13.0. The van der Waals surface area contributed by atoms with Gasteiger partial charge >= 0.3 is 5.97 Å². The Morgan fingerprint density at radius 3 is 2.48 bits per heavy atom. The van der Waals surface area contributed by atoms with Crippen molar-refractivity contribution in [3.05, 3.63) is 59.9 Å². The van der Waals surface area contributed by atoms with Gasteiger partial charge < -0.3 is 10.1 Å². The summed E-state index contributed by atoms with van der Waals surface area (Å²) in [7, 11) is 1.20. The number of nitrogens with one attached hydrogen (secondary N) is 1. The number of methoxy groups -OCH3 is 1. The highest BCUT2D eigenvalue weighted by atomic mass is 32.2. The molecule has 138 valence electrons. The van der Waals surface area contributed by atoms with Gasteiger partial charge in [-0.05, 0) is 36.6 Å². The number of carbonyl (C=O) groups excluding carboxylic acids is 1. The van der Waals surface area contributed by atoms with Gasteiger partial charge in [0.2, 0.25) is 0 Å². The van der Waals surface area contributed by atoms with E-state index in [1.807, 2.05) is 12.3 Å². The fourth-order valence-corrected chi connectivity index (χ4v) is 2.67. The molecule has 1 aromatic carbocycles. The molecule has 0 aliphatic carbocycles. The second-order valence-electron chi connectivity index (χ2n) is 5.29. The Hall–Kier alpha value is -3.07. The second-order valence-corrected chi connectivity index (χ2v) is 6.17. The summed E-state index contributed by atoms with van der Waals surface area (Å²) in [5, 5.41) is 10.5. The lowest BCUT2D eigenvalue weighted by Gasteiger charge is -2.11. The van der Waals surface area contributed by atoms with Gasteiger partial charge in [0.25, 0.3) is 0 Å². The molecular weight excluding hydrogens is 374 g/mol. The summed E-state index contributed by atoms with van der Waals surface area (Å²) >= 11 is 1.53. The number of aromatic nitrogens is 3. The Bertz CT molecular complexity index is 963. The Labute approximate surface area is 158 Å². The van der Waals surface area contributed by atoms with E-state index in [0.29, 0.717) is 5.82 Å². The summed E-state index contributed by atoms with van der Waals surface area (Å²) < 4.78 is 32.8. The number of ether oxygens (including phenoxy) is 1. The van der Waals surface area contributed by atoms with Crippen LogP contribution in [-0.4, -0.2) is 34.5 Å². The highest BCUT2D eigenvalue weighted by Crippen LogP contribution is 2.28. The smallest absolute Gasteiger partial charge is 0.360 e. The van der Waals surface area contributed by atoms with E-state index in [1.165, 1.54) is 31.0 Å². The number of esters is 1. The van der Waals surface area contributed by atoms with E-state index in [-0.39, 0.29) is 22.6 Å². The summed E-state index contributed by atoms with van der Waals surface area (Å²) in [4.78, 5) is 17.2. The molecule has 0 aliphatic heterocycles. The molecule has 0 saturated heterocycles. The predicted molar refractivity (Wildman–Crippen MR) is 98.0 cm³/mol. The van der Waals surface area contributed by atoms with Gasteiger partial charge in [-0.3, -0.25) is 0 Å². The van der Waals surface area contributed by atoms with E-state index in [2.05, 4.69) is 20.5 Å². The van der Waals surface area contributed by atoms with E-state index < -0.39 is 17.6 Å². The normalized spacial score (nSPS) is 10.5. The van der Waals surface area contributed by atoms with Crippen LogP contribution >= 0.6 is 11.8 Å². The molecule has 0 aliphatic rings. The van der Waals surface area contributed by atoms with Crippen LogP contribution in [0.5, 0.6) is 0 Å². The molecule has 6 nitrogen and oxygen atoms in total. The lowest BCUT2D eigenvalue weighted by Crippen LogP contribution is -2.11. The first-order valence-corrected chi connectivity index (χ1v) is 8.93. The molecule has 0 radical (unpaired) electrons. The molecule has 2 heterocycles. The van der Waals surface area contributed by atoms with E-state index in [0.717, 1.165) is 17.0 Å². The first-order valence-electron chi connectivity index (χ1n) is 7.71. The maximum atomic E-state index is 14.1. The topological polar surface area (TPSA) is 77.0 Å². The van der Waals surface area contributed by atoms with Crippen LogP contribution in [0.25, 0.3) is 11.3 Å². The Morgan fingerprint density at radius 2 is 1.89 bits per heavy atom. The number of pyridine rings is 1. The molecule has 0 amide bonds. The van der Waals surface area contributed by atoms with Crippen molar-refractivity contribution in [2.24, 2.45) is 0 Å². The van der Waals surface area contributed by atoms with Gasteiger partial charge in [0, 0.05) is 11.1 Å². The van der Waals surface area contributed by atoms with E-state index in [4.69, 9.17) is 4.74 Å². The third kappa shape index (κ3) is 4.03. The third-order valence-electron chi connectivity index (χ3n) is 3.63. The number of hydrogen-bond donors (Lipinski definition) is 1. The van der Waals surface area contributed by atoms with Gasteiger partial charge in [0.15, 0.2) is 5.69 Å². The van der Waals surface area contributed by atoms with Crippen LogP contribution in [0.15, 0.2) is 47.5 Å². The van der Waals surface area contributed by atoms with Crippen molar-refractivity contribution in [2.45, 2.75) is 4.90 Å². The fourth-order valence-electron chi connectivity index (χ4n) is 2.31. The Balaban J connectivity index is 2.07. The largest absolute Gasteiger partial charge is 0.464 e. The summed E-state index contributed by atoms with van der Waals surface area (Å²) in [6, 6.07) is 8.35. The van der Waals surface area contributed by atoms with Crippen LogP contribution < -0.4 is 5.32 Å². The molecule has 1 N–H and O–H groups in total. The predicted octanol–water partition coefficient (Wildman–Crippen LogP) is 4.07. The Kier molecular flexibility index (Phi) is 5.60. The van der Waals surface area contributed by atoms with Crippen molar-refractivity contribution in [1.29, 1.82) is 0 Å². The SMILES string of the molecule is COC(=O)c1nnc(-c2c(F)cccc2F)cc1Nc1ccc(SC)cn1. The number of anilines is 2. The second kappa shape index (κ2) is 8.09. The fraction of sp³-hybridized carbons (Fsp3) is 0.111. The first kappa shape index (κ1) is 18.7. The lowest BCUT2D eigenvalue weighted by atomic mass is 10.1. The quantitative estimate of drug-likeness (QED) is 0.521. The zero-order valence-electron chi connectivity index (χ0n) is 14.4. The minimum atomic E-state index is -0.788. The maximum Gasteiger partial charge on any atom is 0.360 e. The number of hydrogen-bond acceptors (Lipinski definition) is 7. The molecular formula is C18H14F2N4O2S. The molecule has 9 heteroatoms. The van der Waals surface area contributed by atoms with Crippen molar-refractivity contribution in [3.8, 4) is 11.3 Å². The highest BCUT2D eigenvalue weighted by molar-refractivity contribution is 7.98. The number of benzene rings is 1. The molecule has 27 heavy (non-hydrogen) atoms. The summed E-state index contributed by atoms with van der Waals surface area (Å²) in [6.45, 7) is 0. The van der Waals surface area contributed by atoms with Gasteiger partial charge in [0.05, 0.1) is 18.4 Å². The van der Waals surface area contributed by atoms with Crippen molar-refractivity contribution >= 4 is 29.2 Å². The molecule has 2 aromatic heterocycles. The van der Waals surface area contributed by atoms with Crippen molar-refractivity contribution < 1.29 is 18.3 Å². The van der Waals surface area contributed by atoms with Crippen LogP contribution in [-0.2, 0) is 4.74 Å². The molecule has 3 aromatic rings. The van der Waals surface area contributed by atoms with Gasteiger partial charge in [-0.1, -0.05) is 6.07 Å². The minimum Gasteiger partial charge on any atom is -0.464 e. The van der Waals surface area contributed by atoms with Gasteiger partial charge in [-0.15, -0.1) is 22.0 Å². The van der Waals surface area contributed by atoms with E-state index in [1.54, 1.807) is 12.3 Å². The van der Waals surface area contributed by atoms with Crippen LogP contribution in [0, 0.1) is 11.6 Å². The lowest BCUT2D eigenvalue weighted by molar-refractivity contribution is 0.0594. The number of rotatable bonds is 5. The molecule has 0 atom stereocenters. The standard InChI is InChI=1S/C18H14F2N4O2S/c1-26-18(25)17-14(22-15-7-6-10(27-2)9-21-15)8-13(23-24-17)16-11(19)4-3-5-12(16)20/h3-9H,1-2H3,(H,21,22,23). The number of carbonyl (C=O) groups is 1. The molecule has 0 saturated carbocycles. The minimum absolute atomic E-state index is 0.0681. The van der Waals surface area contributed by atoms with Gasteiger partial charge in [-0.25, -0.2) is 18.6 Å². The van der Waals surface area contributed by atoms with Crippen molar-refractivity contribution in [1.82, 2.24) is 15.2 Å². The molecule has 0 fully saturated rings. The van der Waals surface area contributed by atoms with Crippen LogP contribution in [0.4, 0.5) is 20.3 Å².